The first kappa shape index (κ1) is 11.9. The first-order valence-electron chi connectivity index (χ1n) is 6.13. The quantitative estimate of drug-likeness (QED) is 0.536. The van der Waals surface area contributed by atoms with Gasteiger partial charge in [0.2, 0.25) is 0 Å². The zero-order chi connectivity index (χ0) is 13.4. The minimum absolute atomic E-state index is 1.01. The van der Waals surface area contributed by atoms with Gasteiger partial charge >= 0.3 is 0 Å². The summed E-state index contributed by atoms with van der Waals surface area (Å²) in [6.45, 7) is 0. The molecular formula is C14H10N4S2. The molecule has 4 aromatic rings. The Labute approximate surface area is 123 Å². The Morgan fingerprint density at radius 1 is 0.650 bits per heavy atom. The van der Waals surface area contributed by atoms with Crippen LogP contribution in [-0.2, 0) is 0 Å². The van der Waals surface area contributed by atoms with Gasteiger partial charge in [0.15, 0.2) is 0 Å². The molecule has 6 heteroatoms. The second-order valence-corrected chi connectivity index (χ2v) is 6.27. The summed E-state index contributed by atoms with van der Waals surface area (Å²) >= 11 is 0. The van der Waals surface area contributed by atoms with Gasteiger partial charge in [0.25, 0.3) is 0 Å². The van der Waals surface area contributed by atoms with Gasteiger partial charge in [-0.15, -0.1) is 0 Å². The molecule has 2 aromatic carbocycles. The normalized spacial score (nSPS) is 11.4. The lowest BCUT2D eigenvalue weighted by atomic mass is 10.3. The third-order valence-corrected chi connectivity index (χ3v) is 4.83. The van der Waals surface area contributed by atoms with Crippen LogP contribution in [0.5, 0.6) is 0 Å². The Kier molecular flexibility index (Phi) is 2.90. The zero-order valence-electron chi connectivity index (χ0n) is 10.4. The van der Waals surface area contributed by atoms with E-state index in [0.29, 0.717) is 0 Å². The van der Waals surface area contributed by atoms with Crippen LogP contribution in [0.4, 0.5) is 0 Å². The van der Waals surface area contributed by atoms with E-state index >= 15 is 0 Å². The molecule has 0 bridgehead atoms. The van der Waals surface area contributed by atoms with Gasteiger partial charge < -0.3 is 0 Å². The monoisotopic (exact) mass is 298 g/mol. The van der Waals surface area contributed by atoms with Crippen LogP contribution in [0.15, 0.2) is 60.9 Å². The molecule has 98 valence electrons. The molecule has 2 aromatic heterocycles. The number of aromatic nitrogens is 4. The first-order valence-corrected chi connectivity index (χ1v) is 8.19. The van der Waals surface area contributed by atoms with Gasteiger partial charge in [-0.25, -0.2) is 8.17 Å². The molecule has 0 aliphatic heterocycles. The number of hydrogen-bond donors (Lipinski definition) is 0. The highest BCUT2D eigenvalue weighted by molar-refractivity contribution is 8.75. The third-order valence-electron chi connectivity index (χ3n) is 2.97. The molecular weight excluding hydrogens is 288 g/mol. The topological polar surface area (TPSA) is 35.6 Å². The number of rotatable bonds is 3. The van der Waals surface area contributed by atoms with E-state index in [1.54, 1.807) is 0 Å². The third kappa shape index (κ3) is 2.17. The predicted molar refractivity (Wildman–Crippen MR) is 85.4 cm³/mol. The van der Waals surface area contributed by atoms with E-state index in [0.717, 1.165) is 21.8 Å². The van der Waals surface area contributed by atoms with Crippen molar-refractivity contribution in [1.82, 2.24) is 18.4 Å². The van der Waals surface area contributed by atoms with Crippen LogP contribution in [-0.4, -0.2) is 18.4 Å². The van der Waals surface area contributed by atoms with Crippen molar-refractivity contribution in [3.63, 3.8) is 0 Å². The first-order chi connectivity index (χ1) is 9.88. The summed E-state index contributed by atoms with van der Waals surface area (Å²) in [4.78, 5) is 0. The van der Waals surface area contributed by atoms with Gasteiger partial charge in [0.1, 0.15) is 0 Å². The summed E-state index contributed by atoms with van der Waals surface area (Å²) in [5.41, 5.74) is 2.01. The number of benzene rings is 2. The lowest BCUT2D eigenvalue weighted by Gasteiger charge is -1.97. The SMILES string of the molecule is c1ccc2nn(SSn3cc4ccccc4n3)cc2c1. The van der Waals surface area contributed by atoms with Crippen molar-refractivity contribution in [3.05, 3.63) is 60.9 Å². The molecule has 20 heavy (non-hydrogen) atoms. The van der Waals surface area contributed by atoms with Crippen LogP contribution < -0.4 is 0 Å². The minimum atomic E-state index is 1.01. The summed E-state index contributed by atoms with van der Waals surface area (Å²) in [6.07, 6.45) is 4.05. The predicted octanol–water partition coefficient (Wildman–Crippen LogP) is 3.99. The van der Waals surface area contributed by atoms with Crippen LogP contribution in [0, 0.1) is 0 Å². The van der Waals surface area contributed by atoms with E-state index < -0.39 is 0 Å². The van der Waals surface area contributed by atoms with Crippen molar-refractivity contribution < 1.29 is 0 Å². The molecule has 0 saturated carbocycles. The average molecular weight is 298 g/mol. The second kappa shape index (κ2) is 4.88. The number of nitrogens with zero attached hydrogens (tertiary/aromatic N) is 4. The lowest BCUT2D eigenvalue weighted by molar-refractivity contribution is 1.03. The van der Waals surface area contributed by atoms with Crippen molar-refractivity contribution in [2.75, 3.05) is 0 Å². The Morgan fingerprint density at radius 3 is 1.55 bits per heavy atom. The molecule has 0 atom stereocenters. The van der Waals surface area contributed by atoms with Gasteiger partial charge in [-0.3, -0.25) is 0 Å². The van der Waals surface area contributed by atoms with Crippen molar-refractivity contribution >= 4 is 43.8 Å². The maximum atomic E-state index is 4.50. The summed E-state index contributed by atoms with van der Waals surface area (Å²) in [5.74, 6) is 0. The lowest BCUT2D eigenvalue weighted by Crippen LogP contribution is -1.88. The van der Waals surface area contributed by atoms with Gasteiger partial charge in [-0.2, -0.15) is 10.2 Å². The van der Waals surface area contributed by atoms with Gasteiger partial charge in [0.05, 0.1) is 33.0 Å². The van der Waals surface area contributed by atoms with E-state index in [4.69, 9.17) is 0 Å². The van der Waals surface area contributed by atoms with Crippen molar-refractivity contribution in [2.24, 2.45) is 0 Å². The van der Waals surface area contributed by atoms with Gasteiger partial charge in [-0.05, 0) is 12.1 Å². The molecule has 0 amide bonds. The molecule has 0 spiro atoms. The number of hydrogen-bond acceptors (Lipinski definition) is 4. The van der Waals surface area contributed by atoms with Crippen molar-refractivity contribution in [3.8, 4) is 0 Å². The summed E-state index contributed by atoms with van der Waals surface area (Å²) in [7, 11) is 3.07. The standard InChI is InChI=1S/C14H10N4S2/c1-3-7-13-11(5-1)9-17(15-13)19-20-18-10-12-6-2-4-8-14(12)16-18/h1-10H. The highest BCUT2D eigenvalue weighted by atomic mass is 33.1. The van der Waals surface area contributed by atoms with E-state index in [9.17, 15) is 0 Å². The Balaban J connectivity index is 1.57. The Hall–Kier alpha value is -1.92. The average Bonchev–Trinajstić information content (AvgIpc) is 3.07. The van der Waals surface area contributed by atoms with E-state index in [2.05, 4.69) is 22.3 Å². The molecule has 2 heterocycles. The highest BCUT2D eigenvalue weighted by Crippen LogP contribution is 2.27. The molecule has 4 rings (SSSR count). The van der Waals surface area contributed by atoms with Crippen LogP contribution >= 0.6 is 22.0 Å². The van der Waals surface area contributed by atoms with Crippen LogP contribution in [0.25, 0.3) is 21.8 Å². The second-order valence-electron chi connectivity index (χ2n) is 4.33. The maximum absolute atomic E-state index is 4.50. The van der Waals surface area contributed by atoms with E-state index in [-0.39, 0.29) is 0 Å². The van der Waals surface area contributed by atoms with Crippen molar-refractivity contribution in [1.29, 1.82) is 0 Å². The molecule has 0 aliphatic rings. The van der Waals surface area contributed by atoms with Crippen LogP contribution in [0.2, 0.25) is 0 Å². The minimum Gasteiger partial charge on any atom is -0.200 e. The molecule has 0 radical (unpaired) electrons. The maximum Gasteiger partial charge on any atom is 0.0934 e. The number of fused-ring (bicyclic) bond motifs is 2. The fourth-order valence-electron chi connectivity index (χ4n) is 2.03. The Bertz CT molecular complexity index is 741. The molecule has 0 unspecified atom stereocenters. The van der Waals surface area contributed by atoms with Crippen molar-refractivity contribution in [2.45, 2.75) is 0 Å². The summed E-state index contributed by atoms with van der Waals surface area (Å²) in [6, 6.07) is 16.2. The fourth-order valence-corrected chi connectivity index (χ4v) is 3.59. The van der Waals surface area contributed by atoms with Crippen LogP contribution in [0.3, 0.4) is 0 Å². The molecule has 4 nitrogen and oxygen atoms in total. The zero-order valence-corrected chi connectivity index (χ0v) is 12.0. The molecule has 0 aliphatic carbocycles. The van der Waals surface area contributed by atoms with Gasteiger partial charge in [-0.1, -0.05) is 36.4 Å². The molecule has 0 saturated heterocycles. The van der Waals surface area contributed by atoms with E-state index in [1.165, 1.54) is 22.0 Å². The molecule has 0 fully saturated rings. The summed E-state index contributed by atoms with van der Waals surface area (Å²) < 4.78 is 3.73. The Morgan fingerprint density at radius 2 is 1.10 bits per heavy atom. The van der Waals surface area contributed by atoms with E-state index in [1.807, 2.05) is 57.0 Å². The summed E-state index contributed by atoms with van der Waals surface area (Å²) in [5, 5.41) is 11.3. The van der Waals surface area contributed by atoms with Gasteiger partial charge in [0, 0.05) is 23.2 Å². The largest absolute Gasteiger partial charge is 0.200 e. The fraction of sp³-hybridized carbons (Fsp3) is 0. The molecule has 0 N–H and O–H groups in total. The highest BCUT2D eigenvalue weighted by Gasteiger charge is 2.03. The smallest absolute Gasteiger partial charge is 0.0934 e. The van der Waals surface area contributed by atoms with Crippen LogP contribution in [0.1, 0.15) is 0 Å².